The summed E-state index contributed by atoms with van der Waals surface area (Å²) in [5.74, 6) is 0. The summed E-state index contributed by atoms with van der Waals surface area (Å²) in [6.07, 6.45) is 26.3. The van der Waals surface area contributed by atoms with E-state index in [0.717, 1.165) is 0 Å². The van der Waals surface area contributed by atoms with E-state index in [1.807, 2.05) is 0 Å². The van der Waals surface area contributed by atoms with Crippen molar-refractivity contribution in [3.05, 3.63) is 12.4 Å². The monoisotopic (exact) mass is 350 g/mol. The van der Waals surface area contributed by atoms with Crippen molar-refractivity contribution < 1.29 is 0 Å². The SMILES string of the molecule is CCCCCCCCCCCCCC1N(CCC)C=CN1CCCC. The van der Waals surface area contributed by atoms with Crippen molar-refractivity contribution in [1.82, 2.24) is 9.80 Å². The highest BCUT2D eigenvalue weighted by atomic mass is 15.4. The minimum Gasteiger partial charge on any atom is -0.356 e. The van der Waals surface area contributed by atoms with E-state index in [4.69, 9.17) is 0 Å². The first-order chi connectivity index (χ1) is 12.3. The topological polar surface area (TPSA) is 6.48 Å². The fourth-order valence-electron chi connectivity index (χ4n) is 3.93. The third kappa shape index (κ3) is 10.2. The lowest BCUT2D eigenvalue weighted by Crippen LogP contribution is -2.39. The van der Waals surface area contributed by atoms with Crippen LogP contribution in [0.4, 0.5) is 0 Å². The second kappa shape index (κ2) is 15.6. The molecular weight excluding hydrogens is 304 g/mol. The van der Waals surface area contributed by atoms with Gasteiger partial charge in [0, 0.05) is 25.5 Å². The molecule has 0 aromatic heterocycles. The van der Waals surface area contributed by atoms with Crippen LogP contribution in [-0.4, -0.2) is 29.1 Å². The molecule has 2 heteroatoms. The van der Waals surface area contributed by atoms with Crippen molar-refractivity contribution in [2.45, 2.75) is 123 Å². The van der Waals surface area contributed by atoms with Crippen molar-refractivity contribution >= 4 is 0 Å². The predicted octanol–water partition coefficient (Wildman–Crippen LogP) is 7.31. The molecule has 0 aliphatic carbocycles. The van der Waals surface area contributed by atoms with Crippen molar-refractivity contribution in [3.8, 4) is 0 Å². The van der Waals surface area contributed by atoms with E-state index in [9.17, 15) is 0 Å². The van der Waals surface area contributed by atoms with E-state index >= 15 is 0 Å². The van der Waals surface area contributed by atoms with Crippen LogP contribution in [0.25, 0.3) is 0 Å². The van der Waals surface area contributed by atoms with Crippen LogP contribution in [-0.2, 0) is 0 Å². The molecule has 0 N–H and O–H groups in total. The van der Waals surface area contributed by atoms with E-state index < -0.39 is 0 Å². The first-order valence-corrected chi connectivity index (χ1v) is 11.5. The molecule has 0 fully saturated rings. The number of hydrogen-bond donors (Lipinski definition) is 0. The van der Waals surface area contributed by atoms with Gasteiger partial charge in [0.25, 0.3) is 0 Å². The van der Waals surface area contributed by atoms with Gasteiger partial charge >= 0.3 is 0 Å². The lowest BCUT2D eigenvalue weighted by molar-refractivity contribution is 0.138. The Kier molecular flexibility index (Phi) is 14.0. The molecule has 0 aromatic rings. The summed E-state index contributed by atoms with van der Waals surface area (Å²) >= 11 is 0. The molecule has 148 valence electrons. The maximum Gasteiger partial charge on any atom is 0.101 e. The van der Waals surface area contributed by atoms with Crippen LogP contribution in [0, 0.1) is 0 Å². The summed E-state index contributed by atoms with van der Waals surface area (Å²) in [5.41, 5.74) is 0. The van der Waals surface area contributed by atoms with Crippen LogP contribution in [0.3, 0.4) is 0 Å². The lowest BCUT2D eigenvalue weighted by Gasteiger charge is -2.33. The highest BCUT2D eigenvalue weighted by Crippen LogP contribution is 2.22. The molecule has 1 aliphatic heterocycles. The van der Waals surface area contributed by atoms with Crippen molar-refractivity contribution in [2.24, 2.45) is 0 Å². The second-order valence-corrected chi connectivity index (χ2v) is 7.93. The Morgan fingerprint density at radius 3 is 1.52 bits per heavy atom. The minimum atomic E-state index is 0.644. The van der Waals surface area contributed by atoms with Crippen molar-refractivity contribution in [1.29, 1.82) is 0 Å². The van der Waals surface area contributed by atoms with Gasteiger partial charge in [-0.1, -0.05) is 91.4 Å². The van der Waals surface area contributed by atoms with Crippen LogP contribution in [0.2, 0.25) is 0 Å². The Labute approximate surface area is 159 Å². The Morgan fingerprint density at radius 2 is 1.00 bits per heavy atom. The van der Waals surface area contributed by atoms with Crippen LogP contribution in [0.1, 0.15) is 117 Å². The molecule has 0 spiro atoms. The molecule has 1 unspecified atom stereocenters. The fraction of sp³-hybridized carbons (Fsp3) is 0.913. The zero-order chi connectivity index (χ0) is 18.2. The van der Waals surface area contributed by atoms with E-state index in [0.29, 0.717) is 6.17 Å². The maximum absolute atomic E-state index is 2.59. The molecule has 25 heavy (non-hydrogen) atoms. The van der Waals surface area contributed by atoms with E-state index in [1.54, 1.807) is 0 Å². The van der Waals surface area contributed by atoms with Gasteiger partial charge in [-0.2, -0.15) is 0 Å². The third-order valence-corrected chi connectivity index (χ3v) is 5.53. The molecule has 0 saturated heterocycles. The summed E-state index contributed by atoms with van der Waals surface area (Å²) in [5, 5.41) is 0. The highest BCUT2D eigenvalue weighted by Gasteiger charge is 2.24. The van der Waals surface area contributed by atoms with Gasteiger partial charge in [-0.15, -0.1) is 0 Å². The van der Waals surface area contributed by atoms with Crippen molar-refractivity contribution in [3.63, 3.8) is 0 Å². The molecule has 0 saturated carbocycles. The molecule has 0 radical (unpaired) electrons. The van der Waals surface area contributed by atoms with Crippen LogP contribution < -0.4 is 0 Å². The van der Waals surface area contributed by atoms with Gasteiger partial charge in [0.15, 0.2) is 0 Å². The highest BCUT2D eigenvalue weighted by molar-refractivity contribution is 4.96. The molecule has 1 rings (SSSR count). The molecule has 1 atom stereocenters. The third-order valence-electron chi connectivity index (χ3n) is 5.53. The number of hydrogen-bond acceptors (Lipinski definition) is 2. The lowest BCUT2D eigenvalue weighted by atomic mass is 10.0. The van der Waals surface area contributed by atoms with Gasteiger partial charge in [0.1, 0.15) is 6.17 Å². The van der Waals surface area contributed by atoms with E-state index in [-0.39, 0.29) is 0 Å². The second-order valence-electron chi connectivity index (χ2n) is 7.93. The molecule has 2 nitrogen and oxygen atoms in total. The largest absolute Gasteiger partial charge is 0.356 e. The normalized spacial score (nSPS) is 17.0. The summed E-state index contributed by atoms with van der Waals surface area (Å²) < 4.78 is 0. The van der Waals surface area contributed by atoms with Crippen LogP contribution in [0.5, 0.6) is 0 Å². The Bertz CT molecular complexity index is 313. The smallest absolute Gasteiger partial charge is 0.101 e. The summed E-state index contributed by atoms with van der Waals surface area (Å²) in [6.45, 7) is 9.33. The first kappa shape index (κ1) is 22.4. The van der Waals surface area contributed by atoms with Crippen LogP contribution in [0.15, 0.2) is 12.4 Å². The minimum absolute atomic E-state index is 0.644. The van der Waals surface area contributed by atoms with Crippen molar-refractivity contribution in [2.75, 3.05) is 13.1 Å². The van der Waals surface area contributed by atoms with E-state index in [2.05, 4.69) is 43.0 Å². The number of rotatable bonds is 17. The molecule has 0 bridgehead atoms. The fourth-order valence-corrected chi connectivity index (χ4v) is 3.93. The maximum atomic E-state index is 2.59. The first-order valence-electron chi connectivity index (χ1n) is 11.5. The molecule has 1 aliphatic rings. The Balaban J connectivity index is 2.05. The van der Waals surface area contributed by atoms with Crippen LogP contribution >= 0.6 is 0 Å². The summed E-state index contributed by atoms with van der Waals surface area (Å²) in [4.78, 5) is 5.17. The molecule has 0 aromatic carbocycles. The Hall–Kier alpha value is -0.660. The zero-order valence-corrected chi connectivity index (χ0v) is 17.6. The summed E-state index contributed by atoms with van der Waals surface area (Å²) in [7, 11) is 0. The quantitative estimate of drug-likeness (QED) is 0.254. The average molecular weight is 351 g/mol. The average Bonchev–Trinajstić information content (AvgIpc) is 3.00. The van der Waals surface area contributed by atoms with Gasteiger partial charge in [0.05, 0.1) is 0 Å². The predicted molar refractivity (Wildman–Crippen MR) is 113 cm³/mol. The van der Waals surface area contributed by atoms with Gasteiger partial charge < -0.3 is 9.80 Å². The number of nitrogens with zero attached hydrogens (tertiary/aromatic N) is 2. The number of unbranched alkanes of at least 4 members (excludes halogenated alkanes) is 11. The molecule has 0 amide bonds. The molecule has 1 heterocycles. The zero-order valence-electron chi connectivity index (χ0n) is 17.6. The Morgan fingerprint density at radius 1 is 0.520 bits per heavy atom. The molecular formula is C23H46N2. The standard InChI is InChI=1S/C23H46N2/c1-4-7-9-10-11-12-13-14-15-16-17-18-23-24(19-6-3)21-22-25(23)20-8-5-2/h21-23H,4-20H2,1-3H3. The summed E-state index contributed by atoms with van der Waals surface area (Å²) in [6, 6.07) is 0. The van der Waals surface area contributed by atoms with Gasteiger partial charge in [-0.05, 0) is 25.7 Å². The van der Waals surface area contributed by atoms with E-state index in [1.165, 1.54) is 109 Å². The van der Waals surface area contributed by atoms with Gasteiger partial charge in [-0.3, -0.25) is 0 Å². The van der Waals surface area contributed by atoms with Gasteiger partial charge in [-0.25, -0.2) is 0 Å². The van der Waals surface area contributed by atoms with Gasteiger partial charge in [0.2, 0.25) is 0 Å².